The fourth-order valence-electron chi connectivity index (χ4n) is 0.750. The molecule has 5 heteroatoms. The molecule has 0 aliphatic carbocycles. The third-order valence-corrected chi connectivity index (χ3v) is 2.02. The molecule has 1 heterocycles. The molecule has 0 aromatic carbocycles. The Morgan fingerprint density at radius 1 is 1.50 bits per heavy atom. The maximum Gasteiger partial charge on any atom is 0.223 e. The van der Waals surface area contributed by atoms with Crippen LogP contribution in [0.15, 0.2) is 6.20 Å². The smallest absolute Gasteiger partial charge is 0.223 e. The van der Waals surface area contributed by atoms with Crippen LogP contribution in [-0.2, 0) is 4.74 Å². The van der Waals surface area contributed by atoms with Gasteiger partial charge in [-0.05, 0) is 18.5 Å². The van der Waals surface area contributed by atoms with Crippen LogP contribution in [0.2, 0.25) is 10.4 Å². The molecule has 0 radical (unpaired) electrons. The van der Waals surface area contributed by atoms with Crippen LogP contribution in [0.25, 0.3) is 0 Å². The van der Waals surface area contributed by atoms with Crippen LogP contribution in [0, 0.1) is 0 Å². The summed E-state index contributed by atoms with van der Waals surface area (Å²) in [5, 5.41) is 0.483. The summed E-state index contributed by atoms with van der Waals surface area (Å²) in [7, 11) is 1.59. The van der Waals surface area contributed by atoms with Gasteiger partial charge in [0.15, 0.2) is 0 Å². The maximum absolute atomic E-state index is 5.79. The van der Waals surface area contributed by atoms with E-state index in [1.165, 1.54) is 0 Å². The lowest BCUT2D eigenvalue weighted by atomic mass is 10.2. The Morgan fingerprint density at radius 3 is 2.67 bits per heavy atom. The van der Waals surface area contributed by atoms with Crippen molar-refractivity contribution in [3.63, 3.8) is 0 Å². The molecule has 0 spiro atoms. The Bertz CT molecular complexity index is 280. The summed E-state index contributed by atoms with van der Waals surface area (Å²) in [5.74, 6) is 0. The van der Waals surface area contributed by atoms with Gasteiger partial charge >= 0.3 is 0 Å². The Balaban J connectivity index is 3.01. The van der Waals surface area contributed by atoms with E-state index in [2.05, 4.69) is 9.97 Å². The molecular formula is C7H8Cl2N2O. The van der Waals surface area contributed by atoms with Gasteiger partial charge in [-0.2, -0.15) is 0 Å². The highest BCUT2D eigenvalue weighted by Crippen LogP contribution is 2.22. The van der Waals surface area contributed by atoms with Gasteiger partial charge in [0, 0.05) is 18.9 Å². The van der Waals surface area contributed by atoms with E-state index in [-0.39, 0.29) is 11.4 Å². The summed E-state index contributed by atoms with van der Waals surface area (Å²) in [6.45, 7) is 1.86. The Labute approximate surface area is 80.7 Å². The van der Waals surface area contributed by atoms with Gasteiger partial charge in [0.2, 0.25) is 5.28 Å². The molecular weight excluding hydrogens is 199 g/mol. The van der Waals surface area contributed by atoms with Crippen LogP contribution in [-0.4, -0.2) is 17.1 Å². The van der Waals surface area contributed by atoms with Crippen molar-refractivity contribution in [1.82, 2.24) is 9.97 Å². The van der Waals surface area contributed by atoms with Crippen LogP contribution in [0.5, 0.6) is 0 Å². The summed E-state index contributed by atoms with van der Waals surface area (Å²) < 4.78 is 5.05. The van der Waals surface area contributed by atoms with Gasteiger partial charge in [0.05, 0.1) is 6.10 Å². The molecule has 0 saturated heterocycles. The number of hydrogen-bond acceptors (Lipinski definition) is 3. The second-order valence-electron chi connectivity index (χ2n) is 2.26. The molecule has 1 unspecified atom stereocenters. The van der Waals surface area contributed by atoms with E-state index < -0.39 is 0 Å². The molecule has 0 saturated carbocycles. The van der Waals surface area contributed by atoms with Crippen LogP contribution in [0.1, 0.15) is 18.6 Å². The van der Waals surface area contributed by atoms with E-state index in [1.54, 1.807) is 13.3 Å². The molecule has 0 N–H and O–H groups in total. The fraction of sp³-hybridized carbons (Fsp3) is 0.429. The van der Waals surface area contributed by atoms with Gasteiger partial charge in [-0.25, -0.2) is 9.97 Å². The zero-order valence-electron chi connectivity index (χ0n) is 6.71. The Kier molecular flexibility index (Phi) is 3.26. The fourth-order valence-corrected chi connectivity index (χ4v) is 1.21. The molecule has 1 aromatic heterocycles. The van der Waals surface area contributed by atoms with E-state index in [4.69, 9.17) is 27.9 Å². The van der Waals surface area contributed by atoms with Gasteiger partial charge in [0.1, 0.15) is 5.15 Å². The highest BCUT2D eigenvalue weighted by atomic mass is 35.5. The van der Waals surface area contributed by atoms with Crippen LogP contribution in [0.4, 0.5) is 0 Å². The number of rotatable bonds is 2. The minimum absolute atomic E-state index is 0.116. The van der Waals surface area contributed by atoms with Crippen molar-refractivity contribution in [2.24, 2.45) is 0 Å². The van der Waals surface area contributed by atoms with E-state index in [1.807, 2.05) is 6.92 Å². The molecule has 1 rings (SSSR count). The summed E-state index contributed by atoms with van der Waals surface area (Å²) in [5.41, 5.74) is 0.739. The lowest BCUT2D eigenvalue weighted by Gasteiger charge is -2.09. The van der Waals surface area contributed by atoms with E-state index in [0.717, 1.165) is 5.56 Å². The first-order chi connectivity index (χ1) is 5.65. The molecule has 66 valence electrons. The first-order valence-corrected chi connectivity index (χ1v) is 4.11. The number of nitrogens with zero attached hydrogens (tertiary/aromatic N) is 2. The van der Waals surface area contributed by atoms with E-state index in [9.17, 15) is 0 Å². The highest BCUT2D eigenvalue weighted by molar-refractivity contribution is 6.32. The largest absolute Gasteiger partial charge is 0.377 e. The van der Waals surface area contributed by atoms with Gasteiger partial charge in [0.25, 0.3) is 0 Å². The number of methoxy groups -OCH3 is 1. The molecule has 1 aromatic rings. The quantitative estimate of drug-likeness (QED) is 0.551. The number of hydrogen-bond donors (Lipinski definition) is 0. The SMILES string of the molecule is COC(C)c1cnc(Cl)nc1Cl. The van der Waals surface area contributed by atoms with Crippen molar-refractivity contribution < 1.29 is 4.74 Å². The van der Waals surface area contributed by atoms with Crippen molar-refractivity contribution in [1.29, 1.82) is 0 Å². The van der Waals surface area contributed by atoms with Crippen LogP contribution < -0.4 is 0 Å². The third-order valence-electron chi connectivity index (χ3n) is 1.53. The first-order valence-electron chi connectivity index (χ1n) is 3.36. The van der Waals surface area contributed by atoms with Gasteiger partial charge in [-0.3, -0.25) is 0 Å². The van der Waals surface area contributed by atoms with E-state index >= 15 is 0 Å². The molecule has 3 nitrogen and oxygen atoms in total. The van der Waals surface area contributed by atoms with Crippen molar-refractivity contribution >= 4 is 23.2 Å². The number of ether oxygens (including phenoxy) is 1. The zero-order chi connectivity index (χ0) is 9.14. The monoisotopic (exact) mass is 206 g/mol. The maximum atomic E-state index is 5.79. The van der Waals surface area contributed by atoms with Crippen LogP contribution in [0.3, 0.4) is 0 Å². The van der Waals surface area contributed by atoms with Crippen LogP contribution >= 0.6 is 23.2 Å². The number of halogens is 2. The predicted octanol–water partition coefficient (Wildman–Crippen LogP) is 2.49. The first kappa shape index (κ1) is 9.71. The highest BCUT2D eigenvalue weighted by Gasteiger charge is 2.10. The summed E-state index contributed by atoms with van der Waals surface area (Å²) in [4.78, 5) is 7.58. The normalized spacial score (nSPS) is 13.0. The average Bonchev–Trinajstić information content (AvgIpc) is 2.03. The minimum Gasteiger partial charge on any atom is -0.377 e. The van der Waals surface area contributed by atoms with Crippen molar-refractivity contribution in [2.75, 3.05) is 7.11 Å². The average molecular weight is 207 g/mol. The lowest BCUT2D eigenvalue weighted by molar-refractivity contribution is 0.119. The van der Waals surface area contributed by atoms with Crippen molar-refractivity contribution in [3.05, 3.63) is 22.2 Å². The zero-order valence-corrected chi connectivity index (χ0v) is 8.23. The summed E-state index contributed by atoms with van der Waals surface area (Å²) >= 11 is 11.3. The van der Waals surface area contributed by atoms with Gasteiger partial charge in [-0.1, -0.05) is 11.6 Å². The minimum atomic E-state index is -0.116. The molecule has 1 atom stereocenters. The topological polar surface area (TPSA) is 35.0 Å². The van der Waals surface area contributed by atoms with Gasteiger partial charge in [-0.15, -0.1) is 0 Å². The molecule has 0 aliphatic heterocycles. The van der Waals surface area contributed by atoms with E-state index in [0.29, 0.717) is 5.15 Å². The Hall–Kier alpha value is -0.380. The molecule has 12 heavy (non-hydrogen) atoms. The Morgan fingerprint density at radius 2 is 2.17 bits per heavy atom. The second kappa shape index (κ2) is 4.03. The molecule has 0 amide bonds. The second-order valence-corrected chi connectivity index (χ2v) is 2.96. The standard InChI is InChI=1S/C7H8Cl2N2O/c1-4(12-2)5-3-10-7(9)11-6(5)8/h3-4H,1-2H3. The summed E-state index contributed by atoms with van der Waals surface area (Å²) in [6, 6.07) is 0. The third kappa shape index (κ3) is 2.06. The number of aromatic nitrogens is 2. The van der Waals surface area contributed by atoms with Crippen molar-refractivity contribution in [2.45, 2.75) is 13.0 Å². The molecule has 0 fully saturated rings. The van der Waals surface area contributed by atoms with Crippen molar-refractivity contribution in [3.8, 4) is 0 Å². The molecule has 0 bridgehead atoms. The lowest BCUT2D eigenvalue weighted by Crippen LogP contribution is -1.99. The van der Waals surface area contributed by atoms with Gasteiger partial charge < -0.3 is 4.74 Å². The molecule has 0 aliphatic rings. The predicted molar refractivity (Wildman–Crippen MR) is 47.5 cm³/mol. The summed E-state index contributed by atoms with van der Waals surface area (Å²) in [6.07, 6.45) is 1.45.